The summed E-state index contributed by atoms with van der Waals surface area (Å²) in [5.41, 5.74) is 0.0145. The van der Waals surface area contributed by atoms with Gasteiger partial charge in [-0.25, -0.2) is 0 Å². The smallest absolute Gasteiger partial charge is 0.294 e. The molecule has 1 amide bonds. The second-order valence-electron chi connectivity index (χ2n) is 4.49. The van der Waals surface area contributed by atoms with Crippen molar-refractivity contribution in [2.45, 2.75) is 6.42 Å². The molecule has 0 aromatic heterocycles. The quantitative estimate of drug-likeness (QED) is 0.662. The van der Waals surface area contributed by atoms with Gasteiger partial charge in [0.2, 0.25) is 5.91 Å². The molecule has 1 unspecified atom stereocenters. The monoisotopic (exact) mass is 344 g/mol. The first-order chi connectivity index (χ1) is 9.47. The zero-order valence-electron chi connectivity index (χ0n) is 10.7. The molecule has 0 radical (unpaired) electrons. The number of nitrogens with zero attached hydrogens (tertiary/aromatic N) is 2. The minimum Gasteiger partial charge on any atom is -0.495 e. The van der Waals surface area contributed by atoms with Crippen LogP contribution in [0.15, 0.2) is 16.6 Å². The Hall–Kier alpha value is -1.67. The van der Waals surface area contributed by atoms with Crippen molar-refractivity contribution >= 4 is 33.2 Å². The fraction of sp³-hybridized carbons (Fsp3) is 0.417. The Morgan fingerprint density at radius 3 is 2.80 bits per heavy atom. The van der Waals surface area contributed by atoms with Crippen LogP contribution in [0.2, 0.25) is 0 Å². The number of aliphatic hydroxyl groups excluding tert-OH is 1. The zero-order chi connectivity index (χ0) is 14.9. The number of carbonyl (C=O) groups excluding carboxylic acids is 1. The van der Waals surface area contributed by atoms with Crippen molar-refractivity contribution < 1.29 is 19.6 Å². The SMILES string of the molecule is COc1cc(N2CC(CO)CC2=O)c([N+](=O)[O-])cc1Br. The van der Waals surface area contributed by atoms with Gasteiger partial charge in [-0.1, -0.05) is 0 Å². The lowest BCUT2D eigenvalue weighted by atomic mass is 10.1. The van der Waals surface area contributed by atoms with Gasteiger partial charge in [-0.05, 0) is 15.9 Å². The van der Waals surface area contributed by atoms with Gasteiger partial charge < -0.3 is 14.7 Å². The number of hydrogen-bond donors (Lipinski definition) is 1. The average Bonchev–Trinajstić information content (AvgIpc) is 2.79. The second kappa shape index (κ2) is 5.76. The molecule has 7 nitrogen and oxygen atoms in total. The molecule has 1 fully saturated rings. The van der Waals surface area contributed by atoms with Crippen LogP contribution >= 0.6 is 15.9 Å². The van der Waals surface area contributed by atoms with E-state index < -0.39 is 4.92 Å². The minimum absolute atomic E-state index is 0.121. The Bertz CT molecular complexity index is 563. The first kappa shape index (κ1) is 14.7. The van der Waals surface area contributed by atoms with E-state index >= 15 is 0 Å². The van der Waals surface area contributed by atoms with E-state index in [2.05, 4.69) is 15.9 Å². The Balaban J connectivity index is 2.49. The molecule has 1 aromatic rings. The summed E-state index contributed by atoms with van der Waals surface area (Å²) in [6.45, 7) is 0.144. The number of halogens is 1. The van der Waals surface area contributed by atoms with Gasteiger partial charge in [0.25, 0.3) is 5.69 Å². The third-order valence-corrected chi connectivity index (χ3v) is 3.82. The maximum absolute atomic E-state index is 11.9. The number of amides is 1. The van der Waals surface area contributed by atoms with Crippen molar-refractivity contribution in [2.75, 3.05) is 25.2 Å². The molecule has 1 aromatic carbocycles. The number of aliphatic hydroxyl groups is 1. The van der Waals surface area contributed by atoms with Crippen molar-refractivity contribution in [2.24, 2.45) is 5.92 Å². The molecule has 0 bridgehead atoms. The summed E-state index contributed by atoms with van der Waals surface area (Å²) in [4.78, 5) is 23.9. The molecule has 108 valence electrons. The van der Waals surface area contributed by atoms with Gasteiger partial charge in [0.05, 0.1) is 16.5 Å². The first-order valence-electron chi connectivity index (χ1n) is 5.91. The summed E-state index contributed by atoms with van der Waals surface area (Å²) in [6, 6.07) is 2.77. The number of nitro benzene ring substituents is 1. The largest absolute Gasteiger partial charge is 0.495 e. The normalized spacial score (nSPS) is 18.4. The first-order valence-corrected chi connectivity index (χ1v) is 6.70. The lowest BCUT2D eigenvalue weighted by Gasteiger charge is -2.18. The van der Waals surface area contributed by atoms with Gasteiger partial charge in [0, 0.05) is 37.6 Å². The van der Waals surface area contributed by atoms with Gasteiger partial charge in [-0.15, -0.1) is 0 Å². The molecular weight excluding hydrogens is 332 g/mol. The van der Waals surface area contributed by atoms with Crippen molar-refractivity contribution in [3.05, 3.63) is 26.7 Å². The van der Waals surface area contributed by atoms with Crippen molar-refractivity contribution in [1.29, 1.82) is 0 Å². The molecule has 2 rings (SSSR count). The average molecular weight is 345 g/mol. The van der Waals surface area contributed by atoms with E-state index in [-0.39, 0.29) is 42.8 Å². The van der Waals surface area contributed by atoms with Gasteiger partial charge in [-0.2, -0.15) is 0 Å². The van der Waals surface area contributed by atoms with Crippen LogP contribution in [0, 0.1) is 16.0 Å². The molecule has 20 heavy (non-hydrogen) atoms. The van der Waals surface area contributed by atoms with Crippen molar-refractivity contribution in [1.82, 2.24) is 0 Å². The summed E-state index contributed by atoms with van der Waals surface area (Å²) in [6.07, 6.45) is 0.187. The summed E-state index contributed by atoms with van der Waals surface area (Å²) < 4.78 is 5.56. The molecule has 0 spiro atoms. The predicted octanol–water partition coefficient (Wildman–Crippen LogP) is 1.71. The van der Waals surface area contributed by atoms with Gasteiger partial charge in [0.15, 0.2) is 0 Å². The van der Waals surface area contributed by atoms with E-state index in [0.717, 1.165) is 0 Å². The molecule has 1 atom stereocenters. The number of carbonyl (C=O) groups is 1. The molecular formula is C12H13BrN2O5. The van der Waals surface area contributed by atoms with E-state index in [4.69, 9.17) is 9.84 Å². The summed E-state index contributed by atoms with van der Waals surface area (Å²) in [5, 5.41) is 20.3. The zero-order valence-corrected chi connectivity index (χ0v) is 12.3. The number of anilines is 1. The second-order valence-corrected chi connectivity index (χ2v) is 5.34. The highest BCUT2D eigenvalue weighted by molar-refractivity contribution is 9.10. The molecule has 1 aliphatic heterocycles. The standard InChI is InChI=1S/C12H13BrN2O5/c1-20-11-4-9(10(15(18)19)3-8(11)13)14-5-7(6-16)2-12(14)17/h3-4,7,16H,2,5-6H2,1H3. The summed E-state index contributed by atoms with van der Waals surface area (Å²) in [5.74, 6) is -0.0286. The Morgan fingerprint density at radius 1 is 1.60 bits per heavy atom. The molecule has 1 aliphatic rings. The molecule has 1 saturated heterocycles. The number of ether oxygens (including phenoxy) is 1. The van der Waals surface area contributed by atoms with Crippen LogP contribution in [0.1, 0.15) is 6.42 Å². The molecule has 1 N–H and O–H groups in total. The van der Waals surface area contributed by atoms with Gasteiger partial charge >= 0.3 is 0 Å². The minimum atomic E-state index is -0.543. The fourth-order valence-corrected chi connectivity index (χ4v) is 2.68. The van der Waals surface area contributed by atoms with E-state index in [1.807, 2.05) is 0 Å². The molecule has 8 heteroatoms. The van der Waals surface area contributed by atoms with E-state index in [0.29, 0.717) is 10.2 Å². The van der Waals surface area contributed by atoms with Gasteiger partial charge in [0.1, 0.15) is 11.4 Å². The van der Waals surface area contributed by atoms with E-state index in [1.165, 1.54) is 24.1 Å². The molecule has 0 aliphatic carbocycles. The third kappa shape index (κ3) is 2.61. The number of methoxy groups -OCH3 is 1. The lowest BCUT2D eigenvalue weighted by molar-refractivity contribution is -0.384. The van der Waals surface area contributed by atoms with Crippen LogP contribution in [0.25, 0.3) is 0 Å². The maximum atomic E-state index is 11.9. The van der Waals surface area contributed by atoms with E-state index in [1.54, 1.807) is 0 Å². The predicted molar refractivity (Wildman–Crippen MR) is 74.9 cm³/mol. The molecule has 1 heterocycles. The Morgan fingerprint density at radius 2 is 2.30 bits per heavy atom. The van der Waals surface area contributed by atoms with Crippen LogP contribution in [0.3, 0.4) is 0 Å². The topological polar surface area (TPSA) is 92.9 Å². The van der Waals surface area contributed by atoms with Gasteiger partial charge in [-0.3, -0.25) is 14.9 Å². The number of nitro groups is 1. The summed E-state index contributed by atoms with van der Waals surface area (Å²) >= 11 is 3.19. The van der Waals surface area contributed by atoms with Crippen LogP contribution in [0.4, 0.5) is 11.4 Å². The van der Waals surface area contributed by atoms with E-state index in [9.17, 15) is 14.9 Å². The highest BCUT2D eigenvalue weighted by atomic mass is 79.9. The van der Waals surface area contributed by atoms with Crippen LogP contribution < -0.4 is 9.64 Å². The van der Waals surface area contributed by atoms with Crippen molar-refractivity contribution in [3.8, 4) is 5.75 Å². The van der Waals surface area contributed by atoms with Crippen LogP contribution in [-0.4, -0.2) is 36.2 Å². The number of rotatable bonds is 4. The molecule has 0 saturated carbocycles. The lowest BCUT2D eigenvalue weighted by Crippen LogP contribution is -2.25. The van der Waals surface area contributed by atoms with Crippen molar-refractivity contribution in [3.63, 3.8) is 0 Å². The number of benzene rings is 1. The van der Waals surface area contributed by atoms with Crippen LogP contribution in [-0.2, 0) is 4.79 Å². The highest BCUT2D eigenvalue weighted by Crippen LogP contribution is 2.40. The van der Waals surface area contributed by atoms with Crippen LogP contribution in [0.5, 0.6) is 5.75 Å². The third-order valence-electron chi connectivity index (χ3n) is 3.20. The number of hydrogen-bond acceptors (Lipinski definition) is 5. The summed E-state index contributed by atoms with van der Waals surface area (Å²) in [7, 11) is 1.44. The highest BCUT2D eigenvalue weighted by Gasteiger charge is 2.34. The fourth-order valence-electron chi connectivity index (χ4n) is 2.19. The Kier molecular flexibility index (Phi) is 4.24. The maximum Gasteiger partial charge on any atom is 0.294 e. The Labute approximate surface area is 123 Å².